The maximum atomic E-state index is 10.7. The average Bonchev–Trinajstić information content (AvgIpc) is 2.09. The van der Waals surface area contributed by atoms with Crippen molar-refractivity contribution in [3.8, 4) is 0 Å². The monoisotopic (exact) mass is 188 g/mol. The minimum Gasteiger partial charge on any atom is -0.394 e. The van der Waals surface area contributed by atoms with Crippen molar-refractivity contribution < 1.29 is 14.6 Å². The third-order valence-electron chi connectivity index (χ3n) is 2.37. The molecule has 1 unspecified atom stereocenters. The Hall–Kier alpha value is -0.650. The second kappa shape index (κ2) is 4.04. The Kier molecular flexibility index (Phi) is 3.24. The van der Waals surface area contributed by atoms with Gasteiger partial charge in [0.1, 0.15) is 0 Å². The van der Waals surface area contributed by atoms with E-state index in [9.17, 15) is 4.79 Å². The summed E-state index contributed by atoms with van der Waals surface area (Å²) >= 11 is 0. The first kappa shape index (κ1) is 10.4. The van der Waals surface area contributed by atoms with Gasteiger partial charge in [-0.15, -0.1) is 0 Å². The molecule has 0 spiro atoms. The first-order chi connectivity index (χ1) is 6.08. The van der Waals surface area contributed by atoms with Crippen molar-refractivity contribution in [3.05, 3.63) is 0 Å². The Morgan fingerprint density at radius 2 is 2.46 bits per heavy atom. The quantitative estimate of drug-likeness (QED) is 0.568. The molecule has 0 radical (unpaired) electrons. The highest BCUT2D eigenvalue weighted by atomic mass is 16.5. The number of carbonyl (C=O) groups excluding carboxylic acids is 1. The Bertz CT molecular complexity index is 198. The molecule has 0 aromatic carbocycles. The van der Waals surface area contributed by atoms with Gasteiger partial charge in [0, 0.05) is 6.54 Å². The molecule has 0 saturated carbocycles. The minimum absolute atomic E-state index is 0.0275. The van der Waals surface area contributed by atoms with E-state index in [-0.39, 0.29) is 19.1 Å². The first-order valence-electron chi connectivity index (χ1n) is 4.30. The number of hydrogen-bond acceptors (Lipinski definition) is 4. The number of amides is 1. The predicted octanol–water partition coefficient (Wildman–Crippen LogP) is -1.45. The molecule has 1 aliphatic rings. The second-order valence-electron chi connectivity index (χ2n) is 3.60. The molecule has 1 rings (SSSR count). The topological polar surface area (TPSA) is 75.8 Å². The fourth-order valence-electron chi connectivity index (χ4n) is 1.43. The smallest absolute Gasteiger partial charge is 0.231 e. The van der Waals surface area contributed by atoms with E-state index < -0.39 is 5.54 Å². The van der Waals surface area contributed by atoms with Crippen molar-refractivity contribution in [1.29, 1.82) is 0 Å². The minimum atomic E-state index is -0.465. The Balaban J connectivity index is 2.61. The number of primary amides is 1. The van der Waals surface area contributed by atoms with E-state index in [1.807, 2.05) is 11.8 Å². The van der Waals surface area contributed by atoms with Crippen molar-refractivity contribution >= 4 is 5.91 Å². The maximum absolute atomic E-state index is 10.7. The summed E-state index contributed by atoms with van der Waals surface area (Å²) in [4.78, 5) is 12.6. The van der Waals surface area contributed by atoms with Gasteiger partial charge in [-0.05, 0) is 6.92 Å². The largest absolute Gasteiger partial charge is 0.394 e. The van der Waals surface area contributed by atoms with E-state index in [1.54, 1.807) is 0 Å². The van der Waals surface area contributed by atoms with Gasteiger partial charge in [0.15, 0.2) is 0 Å². The van der Waals surface area contributed by atoms with Gasteiger partial charge in [-0.1, -0.05) is 0 Å². The molecular formula is C8H16N2O3. The van der Waals surface area contributed by atoms with Crippen LogP contribution in [0.25, 0.3) is 0 Å². The molecule has 1 atom stereocenters. The van der Waals surface area contributed by atoms with E-state index in [0.29, 0.717) is 19.8 Å². The summed E-state index contributed by atoms with van der Waals surface area (Å²) in [5.74, 6) is -0.374. The molecule has 1 saturated heterocycles. The molecule has 0 aliphatic carbocycles. The summed E-state index contributed by atoms with van der Waals surface area (Å²) in [6.45, 7) is 3.68. The van der Waals surface area contributed by atoms with E-state index >= 15 is 0 Å². The molecule has 0 aromatic rings. The number of morpholine rings is 1. The number of hydrogen-bond donors (Lipinski definition) is 2. The molecular weight excluding hydrogens is 172 g/mol. The molecule has 1 aliphatic heterocycles. The van der Waals surface area contributed by atoms with Crippen molar-refractivity contribution in [2.45, 2.75) is 12.5 Å². The highest BCUT2D eigenvalue weighted by Gasteiger charge is 2.35. The number of carbonyl (C=O) groups is 1. The van der Waals surface area contributed by atoms with Gasteiger partial charge in [-0.3, -0.25) is 9.69 Å². The summed E-state index contributed by atoms with van der Waals surface area (Å²) in [6, 6.07) is 0. The van der Waals surface area contributed by atoms with Crippen LogP contribution in [0.5, 0.6) is 0 Å². The lowest BCUT2D eigenvalue weighted by Gasteiger charge is -2.42. The van der Waals surface area contributed by atoms with Crippen LogP contribution in [0.4, 0.5) is 0 Å². The highest BCUT2D eigenvalue weighted by molar-refractivity contribution is 5.76. The van der Waals surface area contributed by atoms with Gasteiger partial charge < -0.3 is 15.6 Å². The van der Waals surface area contributed by atoms with Crippen molar-refractivity contribution in [3.63, 3.8) is 0 Å². The molecule has 1 fully saturated rings. The molecule has 0 bridgehead atoms. The standard InChI is InChI=1S/C8H16N2O3/c1-8(5-11)6-13-3-2-10(8)4-7(9)12/h11H,2-6H2,1H3,(H2,9,12). The van der Waals surface area contributed by atoms with Gasteiger partial charge in [0.2, 0.25) is 5.91 Å². The second-order valence-corrected chi connectivity index (χ2v) is 3.60. The lowest BCUT2D eigenvalue weighted by Crippen LogP contribution is -2.59. The highest BCUT2D eigenvalue weighted by Crippen LogP contribution is 2.18. The van der Waals surface area contributed by atoms with E-state index in [4.69, 9.17) is 15.6 Å². The zero-order valence-corrected chi connectivity index (χ0v) is 7.82. The fourth-order valence-corrected chi connectivity index (χ4v) is 1.43. The molecule has 1 amide bonds. The van der Waals surface area contributed by atoms with E-state index in [0.717, 1.165) is 0 Å². The summed E-state index contributed by atoms with van der Waals surface area (Å²) < 4.78 is 5.23. The lowest BCUT2D eigenvalue weighted by atomic mass is 10.0. The Labute approximate surface area is 77.5 Å². The van der Waals surface area contributed by atoms with E-state index in [1.165, 1.54) is 0 Å². The van der Waals surface area contributed by atoms with Crippen molar-refractivity contribution in [2.24, 2.45) is 5.73 Å². The van der Waals surface area contributed by atoms with Crippen LogP contribution >= 0.6 is 0 Å². The van der Waals surface area contributed by atoms with Crippen LogP contribution < -0.4 is 5.73 Å². The van der Waals surface area contributed by atoms with Gasteiger partial charge in [0.05, 0.1) is 31.9 Å². The van der Waals surface area contributed by atoms with Crippen LogP contribution in [0.15, 0.2) is 0 Å². The maximum Gasteiger partial charge on any atom is 0.231 e. The Morgan fingerprint density at radius 1 is 1.77 bits per heavy atom. The number of aliphatic hydroxyl groups is 1. The molecule has 13 heavy (non-hydrogen) atoms. The first-order valence-corrected chi connectivity index (χ1v) is 4.30. The van der Waals surface area contributed by atoms with Crippen LogP contribution in [0.2, 0.25) is 0 Å². The SMILES string of the molecule is CC1(CO)COCCN1CC(N)=O. The predicted molar refractivity (Wildman–Crippen MR) is 47.1 cm³/mol. The molecule has 1 heterocycles. The molecule has 5 heteroatoms. The summed E-state index contributed by atoms with van der Waals surface area (Å²) in [5.41, 5.74) is 4.63. The van der Waals surface area contributed by atoms with E-state index in [2.05, 4.69) is 0 Å². The van der Waals surface area contributed by atoms with Gasteiger partial charge in [0.25, 0.3) is 0 Å². The van der Waals surface area contributed by atoms with Crippen LogP contribution in [-0.4, -0.2) is 54.4 Å². The van der Waals surface area contributed by atoms with Crippen LogP contribution in [0.1, 0.15) is 6.92 Å². The number of rotatable bonds is 3. The van der Waals surface area contributed by atoms with Gasteiger partial charge >= 0.3 is 0 Å². The number of ether oxygens (including phenoxy) is 1. The number of aliphatic hydroxyl groups excluding tert-OH is 1. The molecule has 76 valence electrons. The summed E-state index contributed by atoms with van der Waals surface area (Å²) in [5, 5.41) is 9.16. The third kappa shape index (κ3) is 2.40. The van der Waals surface area contributed by atoms with Crippen LogP contribution in [0.3, 0.4) is 0 Å². The van der Waals surface area contributed by atoms with Crippen molar-refractivity contribution in [2.75, 3.05) is 32.9 Å². The third-order valence-corrected chi connectivity index (χ3v) is 2.37. The summed E-state index contributed by atoms with van der Waals surface area (Å²) in [7, 11) is 0. The fraction of sp³-hybridized carbons (Fsp3) is 0.875. The Morgan fingerprint density at radius 3 is 3.00 bits per heavy atom. The zero-order chi connectivity index (χ0) is 9.90. The van der Waals surface area contributed by atoms with Gasteiger partial charge in [-0.25, -0.2) is 0 Å². The van der Waals surface area contributed by atoms with Gasteiger partial charge in [-0.2, -0.15) is 0 Å². The van der Waals surface area contributed by atoms with Crippen LogP contribution in [-0.2, 0) is 9.53 Å². The number of nitrogens with zero attached hydrogens (tertiary/aromatic N) is 1. The number of nitrogens with two attached hydrogens (primary N) is 1. The van der Waals surface area contributed by atoms with Crippen molar-refractivity contribution in [1.82, 2.24) is 4.90 Å². The zero-order valence-electron chi connectivity index (χ0n) is 7.82. The summed E-state index contributed by atoms with van der Waals surface area (Å²) in [6.07, 6.45) is 0. The average molecular weight is 188 g/mol. The molecule has 0 aromatic heterocycles. The molecule has 5 nitrogen and oxygen atoms in total. The van der Waals surface area contributed by atoms with Crippen LogP contribution in [0, 0.1) is 0 Å². The normalized spacial score (nSPS) is 30.3. The molecule has 3 N–H and O–H groups in total. The lowest BCUT2D eigenvalue weighted by molar-refractivity contribution is -0.127.